The standard InChI is InChI=1S/C34H48O4Si/c1-6-36-32-19-18-29-30(38-32)24-26-22-25(2)23-31(35)34(26,29)20-13-21-37-39(33(3,4)5,27-14-9-7-10-15-27)28-16-11-8-12-17-28/h7-12,14-17,25-26,31-32,35H,6,13,18-24H2,1-5H3. The van der Waals surface area contributed by atoms with Crippen molar-refractivity contribution in [1.29, 1.82) is 0 Å². The van der Waals surface area contributed by atoms with Crippen molar-refractivity contribution in [3.05, 3.63) is 72.0 Å². The lowest BCUT2D eigenvalue weighted by atomic mass is 9.58. The van der Waals surface area contributed by atoms with Crippen molar-refractivity contribution in [3.8, 4) is 0 Å². The van der Waals surface area contributed by atoms with Gasteiger partial charge < -0.3 is 19.0 Å². The maximum Gasteiger partial charge on any atom is 0.261 e. The largest absolute Gasteiger partial charge is 0.469 e. The Kier molecular flexibility index (Phi) is 8.45. The first-order valence-electron chi connectivity index (χ1n) is 15.2. The summed E-state index contributed by atoms with van der Waals surface area (Å²) in [7, 11) is -2.57. The second-order valence-corrected chi connectivity index (χ2v) is 17.4. The Balaban J connectivity index is 1.41. The van der Waals surface area contributed by atoms with Crippen LogP contribution in [0.5, 0.6) is 0 Å². The van der Waals surface area contributed by atoms with Crippen LogP contribution in [0.3, 0.4) is 0 Å². The summed E-state index contributed by atoms with van der Waals surface area (Å²) in [6.45, 7) is 12.7. The van der Waals surface area contributed by atoms with Gasteiger partial charge in [0.1, 0.15) is 0 Å². The van der Waals surface area contributed by atoms with Crippen LogP contribution >= 0.6 is 0 Å². The predicted octanol–water partition coefficient (Wildman–Crippen LogP) is 6.57. The molecular formula is C34H48O4Si. The van der Waals surface area contributed by atoms with Gasteiger partial charge in [0.2, 0.25) is 0 Å². The molecule has 2 aromatic rings. The van der Waals surface area contributed by atoms with E-state index in [-0.39, 0.29) is 22.8 Å². The van der Waals surface area contributed by atoms with Crippen LogP contribution in [0.4, 0.5) is 0 Å². The van der Waals surface area contributed by atoms with E-state index in [1.807, 2.05) is 6.92 Å². The smallest absolute Gasteiger partial charge is 0.261 e. The Labute approximate surface area is 236 Å². The fraction of sp³-hybridized carbons (Fsp3) is 0.588. The number of fused-ring (bicyclic) bond motifs is 2. The maximum atomic E-state index is 11.7. The van der Waals surface area contributed by atoms with Gasteiger partial charge in [0.15, 0.2) is 6.29 Å². The van der Waals surface area contributed by atoms with Crippen molar-refractivity contribution in [1.82, 2.24) is 0 Å². The zero-order chi connectivity index (χ0) is 27.7. The minimum absolute atomic E-state index is 0.0368. The van der Waals surface area contributed by atoms with E-state index >= 15 is 0 Å². The number of rotatable bonds is 9. The molecule has 212 valence electrons. The van der Waals surface area contributed by atoms with Crippen LogP contribution in [0.2, 0.25) is 5.04 Å². The second kappa shape index (κ2) is 11.5. The van der Waals surface area contributed by atoms with E-state index in [0.717, 1.165) is 50.7 Å². The van der Waals surface area contributed by atoms with E-state index in [4.69, 9.17) is 13.9 Å². The van der Waals surface area contributed by atoms with Crippen LogP contribution in [0, 0.1) is 17.3 Å². The van der Waals surface area contributed by atoms with Gasteiger partial charge in [0, 0.05) is 31.5 Å². The molecule has 1 heterocycles. The molecule has 1 fully saturated rings. The van der Waals surface area contributed by atoms with Crippen molar-refractivity contribution < 1.29 is 19.0 Å². The van der Waals surface area contributed by atoms with Gasteiger partial charge in [-0.25, -0.2) is 0 Å². The lowest BCUT2D eigenvalue weighted by Crippen LogP contribution is -2.66. The molecule has 0 saturated heterocycles. The minimum atomic E-state index is -2.57. The molecule has 5 atom stereocenters. The quantitative estimate of drug-likeness (QED) is 0.285. The van der Waals surface area contributed by atoms with Gasteiger partial charge in [-0.2, -0.15) is 0 Å². The summed E-state index contributed by atoms with van der Waals surface area (Å²) >= 11 is 0. The summed E-state index contributed by atoms with van der Waals surface area (Å²) in [5, 5.41) is 14.3. The molecule has 4 nitrogen and oxygen atoms in total. The molecule has 2 aromatic carbocycles. The average molecular weight is 549 g/mol. The third-order valence-corrected chi connectivity index (χ3v) is 14.7. The Bertz CT molecular complexity index is 1090. The Morgan fingerprint density at radius 3 is 2.23 bits per heavy atom. The zero-order valence-electron chi connectivity index (χ0n) is 24.6. The number of benzene rings is 2. The summed E-state index contributed by atoms with van der Waals surface area (Å²) < 4.78 is 19.5. The molecule has 0 amide bonds. The minimum Gasteiger partial charge on any atom is -0.469 e. The monoisotopic (exact) mass is 548 g/mol. The molecule has 0 bridgehead atoms. The Morgan fingerprint density at radius 2 is 1.64 bits per heavy atom. The topological polar surface area (TPSA) is 47.9 Å². The number of aliphatic hydroxyl groups excluding tert-OH is 1. The molecule has 0 radical (unpaired) electrons. The Hall–Kier alpha value is -1.92. The van der Waals surface area contributed by atoms with Crippen molar-refractivity contribution in [2.75, 3.05) is 13.2 Å². The fourth-order valence-corrected chi connectivity index (χ4v) is 12.7. The van der Waals surface area contributed by atoms with Crippen LogP contribution in [0.15, 0.2) is 72.0 Å². The SMILES string of the molecule is CCOC1CCC2=C(CC3CC(C)CC(O)C23CCCO[Si](c2ccccc2)(c2ccccc2)C(C)(C)C)O1. The molecule has 1 N–H and O–H groups in total. The van der Waals surface area contributed by atoms with Crippen LogP contribution in [0.1, 0.15) is 79.6 Å². The van der Waals surface area contributed by atoms with E-state index in [9.17, 15) is 5.11 Å². The fourth-order valence-electron chi connectivity index (χ4n) is 8.12. The third-order valence-electron chi connectivity index (χ3n) is 9.69. The molecular weight excluding hydrogens is 500 g/mol. The van der Waals surface area contributed by atoms with Crippen LogP contribution in [0.25, 0.3) is 0 Å². The Morgan fingerprint density at radius 1 is 1.00 bits per heavy atom. The molecule has 0 aromatic heterocycles. The number of ether oxygens (including phenoxy) is 2. The van der Waals surface area contributed by atoms with E-state index in [1.54, 1.807) is 0 Å². The van der Waals surface area contributed by atoms with Gasteiger partial charge in [-0.3, -0.25) is 0 Å². The normalized spacial score (nSPS) is 29.1. The molecule has 3 aliphatic rings. The van der Waals surface area contributed by atoms with Gasteiger partial charge in [-0.1, -0.05) is 88.4 Å². The lowest BCUT2D eigenvalue weighted by molar-refractivity contribution is -0.125. The zero-order valence-corrected chi connectivity index (χ0v) is 25.6. The van der Waals surface area contributed by atoms with Gasteiger partial charge in [0.05, 0.1) is 11.9 Å². The molecule has 5 heteroatoms. The van der Waals surface area contributed by atoms with E-state index < -0.39 is 8.32 Å². The molecule has 5 rings (SSSR count). The first-order chi connectivity index (χ1) is 18.7. The number of allylic oxidation sites excluding steroid dienone is 1. The summed E-state index contributed by atoms with van der Waals surface area (Å²) in [6, 6.07) is 21.8. The molecule has 1 aliphatic heterocycles. The highest BCUT2D eigenvalue weighted by Crippen LogP contribution is 2.61. The van der Waals surface area contributed by atoms with E-state index in [1.165, 1.54) is 15.9 Å². The molecule has 0 spiro atoms. The van der Waals surface area contributed by atoms with Crippen molar-refractivity contribution in [2.24, 2.45) is 17.3 Å². The van der Waals surface area contributed by atoms with Crippen LogP contribution in [-0.4, -0.2) is 39.0 Å². The van der Waals surface area contributed by atoms with E-state index in [0.29, 0.717) is 25.0 Å². The third kappa shape index (κ3) is 5.16. The predicted molar refractivity (Wildman–Crippen MR) is 161 cm³/mol. The number of hydrogen-bond donors (Lipinski definition) is 1. The molecule has 39 heavy (non-hydrogen) atoms. The summed E-state index contributed by atoms with van der Waals surface area (Å²) in [5.74, 6) is 2.09. The van der Waals surface area contributed by atoms with E-state index in [2.05, 4.69) is 88.4 Å². The van der Waals surface area contributed by atoms with Gasteiger partial charge in [0.25, 0.3) is 8.32 Å². The first-order valence-corrected chi connectivity index (χ1v) is 17.1. The molecule has 2 aliphatic carbocycles. The molecule has 5 unspecified atom stereocenters. The lowest BCUT2D eigenvalue weighted by Gasteiger charge is -2.48. The van der Waals surface area contributed by atoms with Gasteiger partial charge >= 0.3 is 0 Å². The van der Waals surface area contributed by atoms with Crippen molar-refractivity contribution in [2.45, 2.75) is 97.0 Å². The van der Waals surface area contributed by atoms with Crippen LogP contribution < -0.4 is 10.4 Å². The summed E-state index contributed by atoms with van der Waals surface area (Å²) in [6.07, 6.45) is 6.23. The highest BCUT2D eigenvalue weighted by molar-refractivity contribution is 6.99. The van der Waals surface area contributed by atoms with Crippen molar-refractivity contribution >= 4 is 18.7 Å². The highest BCUT2D eigenvalue weighted by Gasteiger charge is 2.57. The van der Waals surface area contributed by atoms with Gasteiger partial charge in [-0.15, -0.1) is 0 Å². The summed E-state index contributed by atoms with van der Waals surface area (Å²) in [4.78, 5) is 0. The van der Waals surface area contributed by atoms with Crippen molar-refractivity contribution in [3.63, 3.8) is 0 Å². The highest BCUT2D eigenvalue weighted by atomic mass is 28.4. The average Bonchev–Trinajstić information content (AvgIpc) is 3.23. The van der Waals surface area contributed by atoms with Crippen LogP contribution in [-0.2, 0) is 13.9 Å². The van der Waals surface area contributed by atoms with Gasteiger partial charge in [-0.05, 0) is 71.8 Å². The second-order valence-electron chi connectivity index (χ2n) is 13.1. The molecule has 1 saturated carbocycles. The maximum absolute atomic E-state index is 11.7. The summed E-state index contributed by atoms with van der Waals surface area (Å²) in [5.41, 5.74) is 1.20. The number of hydrogen-bond acceptors (Lipinski definition) is 4. The number of aliphatic hydroxyl groups is 1. The first kappa shape index (κ1) is 28.6.